The third-order valence-electron chi connectivity index (χ3n) is 4.26. The van der Waals surface area contributed by atoms with Crippen LogP contribution in [-0.4, -0.2) is 44.7 Å². The molecule has 2 amide bonds. The summed E-state index contributed by atoms with van der Waals surface area (Å²) >= 11 is 0. The van der Waals surface area contributed by atoms with Crippen molar-refractivity contribution in [3.63, 3.8) is 0 Å². The molecule has 3 rings (SSSR count). The lowest BCUT2D eigenvalue weighted by atomic mass is 10.2. The number of halogens is 1. The molecule has 2 aromatic carbocycles. The summed E-state index contributed by atoms with van der Waals surface area (Å²) < 4.78 is 19.0. The number of morpholine rings is 1. The summed E-state index contributed by atoms with van der Waals surface area (Å²) in [4.78, 5) is 25.5. The highest BCUT2D eigenvalue weighted by Crippen LogP contribution is 2.20. The maximum Gasteiger partial charge on any atom is 0.243 e. The molecular weight excluding hydrogens is 363 g/mol. The number of rotatable bonds is 6. The fourth-order valence-corrected chi connectivity index (χ4v) is 2.89. The number of amides is 2. The maximum atomic E-state index is 13.7. The highest BCUT2D eigenvalue weighted by Gasteiger charge is 2.11. The largest absolute Gasteiger partial charge is 0.378 e. The van der Waals surface area contributed by atoms with E-state index in [0.29, 0.717) is 11.4 Å². The Balaban J connectivity index is 1.52. The molecule has 1 aliphatic rings. The number of ether oxygens (including phenoxy) is 1. The number of anilines is 4. The van der Waals surface area contributed by atoms with Crippen molar-refractivity contribution in [2.75, 3.05) is 53.7 Å². The minimum Gasteiger partial charge on any atom is -0.378 e. The smallest absolute Gasteiger partial charge is 0.243 e. The zero-order chi connectivity index (χ0) is 19.9. The highest BCUT2D eigenvalue weighted by molar-refractivity contribution is 5.94. The summed E-state index contributed by atoms with van der Waals surface area (Å²) in [6, 6.07) is 11.8. The van der Waals surface area contributed by atoms with Crippen molar-refractivity contribution in [2.45, 2.75) is 6.92 Å². The van der Waals surface area contributed by atoms with Crippen LogP contribution in [0.3, 0.4) is 0 Å². The second kappa shape index (κ2) is 9.18. The molecule has 1 aliphatic heterocycles. The lowest BCUT2D eigenvalue weighted by Gasteiger charge is -2.28. The number of hydrogen-bond donors (Lipinski definition) is 3. The highest BCUT2D eigenvalue weighted by atomic mass is 19.1. The van der Waals surface area contributed by atoms with Gasteiger partial charge in [0, 0.05) is 37.1 Å². The monoisotopic (exact) mass is 386 g/mol. The Morgan fingerprint density at radius 1 is 1.04 bits per heavy atom. The first-order chi connectivity index (χ1) is 13.5. The molecule has 0 spiro atoms. The van der Waals surface area contributed by atoms with Gasteiger partial charge in [0.25, 0.3) is 0 Å². The SMILES string of the molecule is CC(=O)Nc1cc(NCC(=O)Nc2ccc(N3CCOCC3)cc2)ccc1F. The maximum absolute atomic E-state index is 13.7. The molecule has 0 unspecified atom stereocenters. The Bertz CT molecular complexity index is 836. The standard InChI is InChI=1S/C20H23FN4O3/c1-14(26)23-19-12-16(4-7-18(19)21)22-13-20(27)24-15-2-5-17(6-3-15)25-8-10-28-11-9-25/h2-7,12,22H,8-11,13H2,1H3,(H,23,26)(H,24,27). The Hall–Kier alpha value is -3.13. The number of nitrogens with zero attached hydrogens (tertiary/aromatic N) is 1. The zero-order valence-corrected chi connectivity index (χ0v) is 15.6. The number of carbonyl (C=O) groups excluding carboxylic acids is 2. The van der Waals surface area contributed by atoms with Gasteiger partial charge in [-0.05, 0) is 42.5 Å². The van der Waals surface area contributed by atoms with Crippen molar-refractivity contribution in [3.8, 4) is 0 Å². The van der Waals surface area contributed by atoms with Crippen LogP contribution in [0.2, 0.25) is 0 Å². The van der Waals surface area contributed by atoms with Crippen LogP contribution in [0.5, 0.6) is 0 Å². The topological polar surface area (TPSA) is 82.7 Å². The lowest BCUT2D eigenvalue weighted by Crippen LogP contribution is -2.36. The lowest BCUT2D eigenvalue weighted by molar-refractivity contribution is -0.115. The van der Waals surface area contributed by atoms with Gasteiger partial charge < -0.3 is 25.6 Å². The summed E-state index contributed by atoms with van der Waals surface area (Å²) in [5.41, 5.74) is 2.39. The van der Waals surface area contributed by atoms with Gasteiger partial charge in [-0.1, -0.05) is 0 Å². The van der Waals surface area contributed by atoms with Crippen molar-refractivity contribution in [1.29, 1.82) is 0 Å². The third kappa shape index (κ3) is 5.43. The van der Waals surface area contributed by atoms with Crippen LogP contribution in [0.25, 0.3) is 0 Å². The van der Waals surface area contributed by atoms with E-state index in [1.54, 1.807) is 0 Å². The van der Waals surface area contributed by atoms with Crippen molar-refractivity contribution < 1.29 is 18.7 Å². The van der Waals surface area contributed by atoms with Gasteiger partial charge in [0.1, 0.15) is 5.82 Å². The van der Waals surface area contributed by atoms with Crippen LogP contribution < -0.4 is 20.9 Å². The Labute approximate surface area is 162 Å². The number of carbonyl (C=O) groups is 2. The van der Waals surface area contributed by atoms with E-state index < -0.39 is 5.82 Å². The van der Waals surface area contributed by atoms with E-state index in [4.69, 9.17) is 4.74 Å². The van der Waals surface area contributed by atoms with Crippen molar-refractivity contribution in [1.82, 2.24) is 0 Å². The van der Waals surface area contributed by atoms with E-state index in [1.165, 1.54) is 25.1 Å². The fourth-order valence-electron chi connectivity index (χ4n) is 2.89. The molecule has 2 aromatic rings. The second-order valence-electron chi connectivity index (χ2n) is 6.42. The van der Waals surface area contributed by atoms with Gasteiger partial charge in [0.15, 0.2) is 0 Å². The summed E-state index contributed by atoms with van der Waals surface area (Å²) in [6.07, 6.45) is 0. The number of hydrogen-bond acceptors (Lipinski definition) is 5. The molecule has 0 aromatic heterocycles. The second-order valence-corrected chi connectivity index (χ2v) is 6.42. The van der Waals surface area contributed by atoms with E-state index in [2.05, 4.69) is 20.9 Å². The summed E-state index contributed by atoms with van der Waals surface area (Å²) in [7, 11) is 0. The van der Waals surface area contributed by atoms with Gasteiger partial charge >= 0.3 is 0 Å². The van der Waals surface area contributed by atoms with Crippen LogP contribution >= 0.6 is 0 Å². The molecule has 1 fully saturated rings. The summed E-state index contributed by atoms with van der Waals surface area (Å²) in [5.74, 6) is -1.13. The van der Waals surface area contributed by atoms with E-state index >= 15 is 0 Å². The molecule has 0 aliphatic carbocycles. The fraction of sp³-hybridized carbons (Fsp3) is 0.300. The molecular formula is C20H23FN4O3. The average molecular weight is 386 g/mol. The first kappa shape index (κ1) is 19.6. The quantitative estimate of drug-likeness (QED) is 0.711. The van der Waals surface area contributed by atoms with E-state index in [-0.39, 0.29) is 24.0 Å². The Morgan fingerprint density at radius 3 is 2.39 bits per heavy atom. The average Bonchev–Trinajstić information content (AvgIpc) is 2.69. The molecule has 0 saturated carbocycles. The number of nitrogens with one attached hydrogen (secondary N) is 3. The van der Waals surface area contributed by atoms with Crippen molar-refractivity contribution in [3.05, 3.63) is 48.3 Å². The molecule has 7 nitrogen and oxygen atoms in total. The summed E-state index contributed by atoms with van der Waals surface area (Å²) in [6.45, 7) is 4.46. The van der Waals surface area contributed by atoms with Gasteiger partial charge in [0.05, 0.1) is 25.4 Å². The Morgan fingerprint density at radius 2 is 1.71 bits per heavy atom. The molecule has 0 bridgehead atoms. The van der Waals surface area contributed by atoms with Gasteiger partial charge in [-0.3, -0.25) is 9.59 Å². The first-order valence-corrected chi connectivity index (χ1v) is 9.05. The van der Waals surface area contributed by atoms with Crippen LogP contribution in [0.4, 0.5) is 27.1 Å². The van der Waals surface area contributed by atoms with Crippen LogP contribution in [0.15, 0.2) is 42.5 Å². The number of benzene rings is 2. The molecule has 1 saturated heterocycles. The molecule has 28 heavy (non-hydrogen) atoms. The van der Waals surface area contributed by atoms with Crippen LogP contribution in [0.1, 0.15) is 6.92 Å². The zero-order valence-electron chi connectivity index (χ0n) is 15.6. The van der Waals surface area contributed by atoms with E-state index in [0.717, 1.165) is 32.0 Å². The van der Waals surface area contributed by atoms with Crippen molar-refractivity contribution >= 4 is 34.6 Å². The van der Waals surface area contributed by atoms with Crippen LogP contribution in [-0.2, 0) is 14.3 Å². The first-order valence-electron chi connectivity index (χ1n) is 9.05. The Kier molecular flexibility index (Phi) is 6.44. The molecule has 1 heterocycles. The normalized spacial score (nSPS) is 13.7. The molecule has 0 radical (unpaired) electrons. The van der Waals surface area contributed by atoms with Crippen LogP contribution in [0, 0.1) is 5.82 Å². The predicted octanol–water partition coefficient (Wildman–Crippen LogP) is 2.67. The summed E-state index contributed by atoms with van der Waals surface area (Å²) in [5, 5.41) is 8.14. The minimum atomic E-state index is -0.537. The molecule has 0 atom stereocenters. The molecule has 8 heteroatoms. The predicted molar refractivity (Wildman–Crippen MR) is 107 cm³/mol. The van der Waals surface area contributed by atoms with Gasteiger partial charge in [0.2, 0.25) is 11.8 Å². The molecule has 3 N–H and O–H groups in total. The van der Waals surface area contributed by atoms with Gasteiger partial charge in [-0.25, -0.2) is 4.39 Å². The van der Waals surface area contributed by atoms with E-state index in [9.17, 15) is 14.0 Å². The van der Waals surface area contributed by atoms with E-state index in [1.807, 2.05) is 24.3 Å². The molecule has 148 valence electrons. The van der Waals surface area contributed by atoms with Gasteiger partial charge in [-0.15, -0.1) is 0 Å². The van der Waals surface area contributed by atoms with Gasteiger partial charge in [-0.2, -0.15) is 0 Å². The minimum absolute atomic E-state index is 0.0103. The third-order valence-corrected chi connectivity index (χ3v) is 4.26. The van der Waals surface area contributed by atoms with Crippen molar-refractivity contribution in [2.24, 2.45) is 0 Å².